The summed E-state index contributed by atoms with van der Waals surface area (Å²) < 4.78 is 88.8. The molecule has 0 amide bonds. The number of rotatable bonds is 6. The van der Waals surface area contributed by atoms with Crippen LogP contribution < -0.4 is 34.5 Å². The van der Waals surface area contributed by atoms with E-state index in [1.807, 2.05) is 0 Å². The van der Waals surface area contributed by atoms with Gasteiger partial charge in [0.25, 0.3) is 7.82 Å². The third-order valence-corrected chi connectivity index (χ3v) is 1.48. The van der Waals surface area contributed by atoms with Crippen molar-refractivity contribution in [2.45, 2.75) is 26.4 Å². The Kier molecular flexibility index (Phi) is 3.13. The molecule has 4 nitrogen and oxygen atoms in total. The Morgan fingerprint density at radius 3 is 2.17 bits per heavy atom. The monoisotopic (exact) mass is 214 g/mol. The smallest absolute Gasteiger partial charge is 0.756 e. The van der Waals surface area contributed by atoms with Gasteiger partial charge in [-0.25, -0.2) is 0 Å². The van der Waals surface area contributed by atoms with Gasteiger partial charge >= 0.3 is 29.6 Å². The third-order valence-electron chi connectivity index (χ3n) is 0.590. The summed E-state index contributed by atoms with van der Waals surface area (Å²) in [5, 5.41) is 0. The molecule has 0 radical (unpaired) electrons. The van der Waals surface area contributed by atoms with E-state index in [2.05, 4.69) is 9.05 Å². The predicted molar refractivity (Wildman–Crippen MR) is 40.1 cm³/mol. The van der Waals surface area contributed by atoms with Crippen molar-refractivity contribution < 1.29 is 61.8 Å². The van der Waals surface area contributed by atoms with E-state index in [-0.39, 0.29) is 29.6 Å². The summed E-state index contributed by atoms with van der Waals surface area (Å²) in [6.07, 6.45) is -5.95. The molecule has 6 heteroatoms. The molecule has 0 saturated heterocycles. The summed E-state index contributed by atoms with van der Waals surface area (Å²) in [4.78, 5) is 11.3. The SMILES string of the molecule is [2H]C([2H])([2H])C([2H])([2H])COP(=O)([O-])OCC([2H])([2H])C([2H])([2H])[2H].[Na+]. The van der Waals surface area contributed by atoms with Gasteiger partial charge in [-0.2, -0.15) is 0 Å². The summed E-state index contributed by atoms with van der Waals surface area (Å²) in [6.45, 7) is -9.03. The second-order valence-electron chi connectivity index (χ2n) is 1.35. The minimum atomic E-state index is -5.25. The molecule has 0 saturated carbocycles. The first-order chi connectivity index (χ1) is 8.91. The summed E-state index contributed by atoms with van der Waals surface area (Å²) in [6, 6.07) is 0. The molecule has 0 rings (SSSR count). The van der Waals surface area contributed by atoms with Crippen LogP contribution >= 0.6 is 7.82 Å². The van der Waals surface area contributed by atoms with Crippen molar-refractivity contribution in [1.82, 2.24) is 0 Å². The van der Waals surface area contributed by atoms with Crippen LogP contribution in [0.5, 0.6) is 0 Å². The third kappa shape index (κ3) is 9.20. The van der Waals surface area contributed by atoms with Gasteiger partial charge in [0, 0.05) is 13.7 Å². The Morgan fingerprint density at radius 2 is 1.83 bits per heavy atom. The number of hydrogen-bond donors (Lipinski definition) is 0. The first kappa shape index (κ1) is 4.31. The van der Waals surface area contributed by atoms with E-state index in [1.54, 1.807) is 0 Å². The van der Waals surface area contributed by atoms with Gasteiger partial charge in [0.05, 0.1) is 13.2 Å². The summed E-state index contributed by atoms with van der Waals surface area (Å²) in [5.41, 5.74) is 0. The molecule has 0 heterocycles. The van der Waals surface area contributed by atoms with E-state index < -0.39 is 47.5 Å². The molecule has 0 aliphatic carbocycles. The van der Waals surface area contributed by atoms with E-state index in [0.717, 1.165) is 0 Å². The Morgan fingerprint density at radius 1 is 1.42 bits per heavy atom. The van der Waals surface area contributed by atoms with Crippen molar-refractivity contribution in [3.8, 4) is 0 Å². The van der Waals surface area contributed by atoms with Gasteiger partial charge in [0.1, 0.15) is 0 Å². The number of phosphoric acid groups is 1. The van der Waals surface area contributed by atoms with Crippen molar-refractivity contribution in [2.75, 3.05) is 13.2 Å². The van der Waals surface area contributed by atoms with E-state index in [0.29, 0.717) is 0 Å². The van der Waals surface area contributed by atoms with Crippen molar-refractivity contribution in [3.05, 3.63) is 0 Å². The fourth-order valence-electron chi connectivity index (χ4n) is 0.260. The molecule has 12 heavy (non-hydrogen) atoms. The van der Waals surface area contributed by atoms with Crippen molar-refractivity contribution in [3.63, 3.8) is 0 Å². The largest absolute Gasteiger partial charge is 1.00 e. The zero-order valence-electron chi connectivity index (χ0n) is 16.5. The molecule has 0 aliphatic rings. The van der Waals surface area contributed by atoms with Crippen molar-refractivity contribution in [2.24, 2.45) is 0 Å². The van der Waals surface area contributed by atoms with Crippen LogP contribution in [0.1, 0.15) is 40.2 Å². The van der Waals surface area contributed by atoms with Crippen molar-refractivity contribution in [1.29, 1.82) is 0 Å². The summed E-state index contributed by atoms with van der Waals surface area (Å²) in [5.74, 6) is 0. The molecule has 0 aromatic heterocycles. The molecule has 0 bridgehead atoms. The zero-order valence-corrected chi connectivity index (χ0v) is 9.39. The standard InChI is InChI=1S/C6H15O4P.Na/c1-3-5-9-11(7,8)10-6-4-2;/h3-6H2,1-2H3,(H,7,8);/q;+1/p-1/i1D3,2D3,3D2,4D2;. The van der Waals surface area contributed by atoms with Gasteiger partial charge in [-0.15, -0.1) is 0 Å². The zero-order chi connectivity index (χ0) is 17.3. The molecule has 0 aliphatic heterocycles. The van der Waals surface area contributed by atoms with Crippen LogP contribution in [0.4, 0.5) is 0 Å². The molecule has 0 spiro atoms. The Hall–Kier alpha value is 1.11. The van der Waals surface area contributed by atoms with Gasteiger partial charge in [0.15, 0.2) is 0 Å². The molecular weight excluding hydrogens is 190 g/mol. The first-order valence-corrected chi connectivity index (χ1v) is 3.98. The van der Waals surface area contributed by atoms with Crippen LogP contribution in [0.15, 0.2) is 0 Å². The van der Waals surface area contributed by atoms with E-state index >= 15 is 0 Å². The fourth-order valence-corrected chi connectivity index (χ4v) is 0.780. The number of hydrogen-bond acceptors (Lipinski definition) is 4. The average molecular weight is 214 g/mol. The van der Waals surface area contributed by atoms with Crippen molar-refractivity contribution >= 4 is 7.82 Å². The maximum absolute atomic E-state index is 11.3. The molecule has 0 N–H and O–H groups in total. The first-order valence-electron chi connectivity index (χ1n) is 7.51. The molecule has 0 unspecified atom stereocenters. The van der Waals surface area contributed by atoms with Crippen LogP contribution in [0.25, 0.3) is 0 Å². The molecule has 0 aromatic carbocycles. The van der Waals surface area contributed by atoms with E-state index in [1.165, 1.54) is 0 Å². The second-order valence-corrected chi connectivity index (χ2v) is 2.76. The Bertz CT molecular complexity index is 373. The molecule has 0 aromatic rings. The molecule has 68 valence electrons. The van der Waals surface area contributed by atoms with Crippen LogP contribution in [0.3, 0.4) is 0 Å². The minimum absolute atomic E-state index is 0. The van der Waals surface area contributed by atoms with Crippen LogP contribution in [-0.4, -0.2) is 13.2 Å². The van der Waals surface area contributed by atoms with E-state index in [4.69, 9.17) is 13.7 Å². The maximum atomic E-state index is 11.3. The van der Waals surface area contributed by atoms with Gasteiger partial charge in [-0.3, -0.25) is 4.57 Å². The Labute approximate surface area is 110 Å². The molecule has 0 fully saturated rings. The molecule has 0 atom stereocenters. The normalized spacial score (nSPS) is 27.8. The topological polar surface area (TPSA) is 58.6 Å². The second kappa shape index (κ2) is 8.70. The van der Waals surface area contributed by atoms with Crippen LogP contribution in [0.2, 0.25) is 0 Å². The van der Waals surface area contributed by atoms with Gasteiger partial charge in [0.2, 0.25) is 0 Å². The summed E-state index contributed by atoms with van der Waals surface area (Å²) >= 11 is 0. The quantitative estimate of drug-likeness (QED) is 0.391. The van der Waals surface area contributed by atoms with Gasteiger partial charge < -0.3 is 13.9 Å². The minimum Gasteiger partial charge on any atom is -0.756 e. The molecular formula is C6H14NaO4P. The fraction of sp³-hybridized carbons (Fsp3) is 1.00. The average Bonchev–Trinajstić information content (AvgIpc) is 2.21. The number of phosphoric ester groups is 1. The predicted octanol–water partition coefficient (Wildman–Crippen LogP) is -1.69. The maximum Gasteiger partial charge on any atom is 1.00 e. The van der Waals surface area contributed by atoms with Gasteiger partial charge in [-0.05, 0) is 12.7 Å². The Balaban J connectivity index is 0. The van der Waals surface area contributed by atoms with Crippen LogP contribution in [0, 0.1) is 0 Å². The summed E-state index contributed by atoms with van der Waals surface area (Å²) in [7, 11) is -5.25. The van der Waals surface area contributed by atoms with Gasteiger partial charge in [-0.1, -0.05) is 13.7 Å². The van der Waals surface area contributed by atoms with E-state index in [9.17, 15) is 9.46 Å². The van der Waals surface area contributed by atoms with Crippen LogP contribution in [-0.2, 0) is 13.6 Å².